The molecule has 0 amide bonds. The zero-order valence-electron chi connectivity index (χ0n) is 8.49. The molecule has 0 aromatic carbocycles. The zero-order chi connectivity index (χ0) is 9.42. The van der Waals surface area contributed by atoms with Gasteiger partial charge >= 0.3 is 0 Å². The van der Waals surface area contributed by atoms with Gasteiger partial charge in [-0.2, -0.15) is 5.10 Å². The second-order valence-electron chi connectivity index (χ2n) is 4.09. The maximum Gasteiger partial charge on any atom is 0.0547 e. The van der Waals surface area contributed by atoms with Gasteiger partial charge in [0.15, 0.2) is 0 Å². The van der Waals surface area contributed by atoms with Crippen LogP contribution in [0.3, 0.4) is 0 Å². The molecule has 3 nitrogen and oxygen atoms in total. The van der Waals surface area contributed by atoms with E-state index in [1.807, 2.05) is 17.9 Å². The van der Waals surface area contributed by atoms with Gasteiger partial charge in [-0.05, 0) is 25.3 Å². The molecule has 13 heavy (non-hydrogen) atoms. The molecule has 0 saturated heterocycles. The van der Waals surface area contributed by atoms with Crippen molar-refractivity contribution in [3.63, 3.8) is 0 Å². The van der Waals surface area contributed by atoms with Crippen molar-refractivity contribution >= 4 is 0 Å². The zero-order valence-corrected chi connectivity index (χ0v) is 8.49. The molecule has 1 heterocycles. The van der Waals surface area contributed by atoms with Crippen LogP contribution in [0.2, 0.25) is 0 Å². The Kier molecular flexibility index (Phi) is 2.12. The summed E-state index contributed by atoms with van der Waals surface area (Å²) in [5, 5.41) is 7.75. The van der Waals surface area contributed by atoms with Crippen LogP contribution in [-0.4, -0.2) is 15.8 Å². The molecule has 2 rings (SSSR count). The maximum absolute atomic E-state index is 4.16. The second kappa shape index (κ2) is 3.14. The van der Waals surface area contributed by atoms with Crippen LogP contribution in [0.5, 0.6) is 0 Å². The van der Waals surface area contributed by atoms with Crippen molar-refractivity contribution in [3.05, 3.63) is 18.0 Å². The van der Waals surface area contributed by atoms with Gasteiger partial charge in [-0.25, -0.2) is 0 Å². The molecule has 3 atom stereocenters. The third kappa shape index (κ3) is 1.75. The molecule has 1 saturated carbocycles. The van der Waals surface area contributed by atoms with Gasteiger partial charge in [0.2, 0.25) is 0 Å². The van der Waals surface area contributed by atoms with E-state index in [0.717, 1.165) is 12.0 Å². The van der Waals surface area contributed by atoms with E-state index in [4.69, 9.17) is 0 Å². The minimum Gasteiger partial charge on any atom is -0.306 e. The van der Waals surface area contributed by atoms with Crippen LogP contribution in [0, 0.1) is 5.92 Å². The van der Waals surface area contributed by atoms with Crippen LogP contribution in [0.15, 0.2) is 12.3 Å². The monoisotopic (exact) mass is 179 g/mol. The number of hydrogen-bond donors (Lipinski definition) is 1. The SMILES string of the molecule is CC(NC1CC1C)c1ccnn1C. The molecule has 1 aromatic heterocycles. The Morgan fingerprint density at radius 3 is 2.85 bits per heavy atom. The average molecular weight is 179 g/mol. The van der Waals surface area contributed by atoms with E-state index >= 15 is 0 Å². The standard InChI is InChI=1S/C10H17N3/c1-7-6-9(7)12-8(2)10-4-5-11-13(10)3/h4-5,7-9,12H,6H2,1-3H3. The molecular weight excluding hydrogens is 162 g/mol. The van der Waals surface area contributed by atoms with Crippen molar-refractivity contribution in [1.29, 1.82) is 0 Å². The summed E-state index contributed by atoms with van der Waals surface area (Å²) in [6.45, 7) is 4.48. The first kappa shape index (κ1) is 8.75. The molecule has 1 aliphatic carbocycles. The number of hydrogen-bond acceptors (Lipinski definition) is 2. The van der Waals surface area contributed by atoms with Crippen LogP contribution in [-0.2, 0) is 7.05 Å². The van der Waals surface area contributed by atoms with Gasteiger partial charge in [0.05, 0.1) is 5.69 Å². The third-order valence-electron chi connectivity index (χ3n) is 2.88. The highest BCUT2D eigenvalue weighted by molar-refractivity contribution is 5.07. The van der Waals surface area contributed by atoms with E-state index in [-0.39, 0.29) is 0 Å². The molecule has 1 fully saturated rings. The number of nitrogens with one attached hydrogen (secondary N) is 1. The molecule has 0 radical (unpaired) electrons. The predicted octanol–water partition coefficient (Wildman–Crippen LogP) is 1.48. The number of nitrogens with zero attached hydrogens (tertiary/aromatic N) is 2. The summed E-state index contributed by atoms with van der Waals surface area (Å²) in [5.41, 5.74) is 1.26. The van der Waals surface area contributed by atoms with Crippen LogP contribution >= 0.6 is 0 Å². The summed E-state index contributed by atoms with van der Waals surface area (Å²) >= 11 is 0. The average Bonchev–Trinajstić information content (AvgIpc) is 2.62. The highest BCUT2D eigenvalue weighted by Crippen LogP contribution is 2.31. The van der Waals surface area contributed by atoms with E-state index in [1.165, 1.54) is 12.1 Å². The van der Waals surface area contributed by atoms with E-state index in [2.05, 4.69) is 30.3 Å². The fourth-order valence-electron chi connectivity index (χ4n) is 1.77. The van der Waals surface area contributed by atoms with Crippen molar-refractivity contribution in [2.45, 2.75) is 32.4 Å². The molecule has 3 heteroatoms. The summed E-state index contributed by atoms with van der Waals surface area (Å²) in [6, 6.07) is 3.22. The van der Waals surface area contributed by atoms with Crippen LogP contribution in [0.4, 0.5) is 0 Å². The number of aryl methyl sites for hydroxylation is 1. The molecule has 1 aliphatic rings. The molecule has 3 unspecified atom stereocenters. The Hall–Kier alpha value is -0.830. The summed E-state index contributed by atoms with van der Waals surface area (Å²) in [4.78, 5) is 0. The fraction of sp³-hybridized carbons (Fsp3) is 0.700. The molecule has 0 spiro atoms. The quantitative estimate of drug-likeness (QED) is 0.761. The molecule has 1 N–H and O–H groups in total. The van der Waals surface area contributed by atoms with Gasteiger partial charge in [0.25, 0.3) is 0 Å². The largest absolute Gasteiger partial charge is 0.306 e. The molecule has 1 aromatic rings. The van der Waals surface area contributed by atoms with Crippen LogP contribution in [0.25, 0.3) is 0 Å². The topological polar surface area (TPSA) is 29.9 Å². The van der Waals surface area contributed by atoms with Crippen molar-refractivity contribution in [2.75, 3.05) is 0 Å². The summed E-state index contributed by atoms with van der Waals surface area (Å²) in [7, 11) is 1.99. The van der Waals surface area contributed by atoms with Gasteiger partial charge < -0.3 is 5.32 Å². The second-order valence-corrected chi connectivity index (χ2v) is 4.09. The van der Waals surface area contributed by atoms with Crippen molar-refractivity contribution in [2.24, 2.45) is 13.0 Å². The highest BCUT2D eigenvalue weighted by atomic mass is 15.3. The van der Waals surface area contributed by atoms with Crippen LogP contribution < -0.4 is 5.32 Å². The van der Waals surface area contributed by atoms with E-state index < -0.39 is 0 Å². The van der Waals surface area contributed by atoms with Gasteiger partial charge in [-0.3, -0.25) is 4.68 Å². The Balaban J connectivity index is 1.97. The van der Waals surface area contributed by atoms with Gasteiger partial charge in [-0.15, -0.1) is 0 Å². The Labute approximate surface area is 79.1 Å². The fourth-order valence-corrected chi connectivity index (χ4v) is 1.77. The number of aromatic nitrogens is 2. The lowest BCUT2D eigenvalue weighted by atomic mass is 10.2. The molecular formula is C10H17N3. The predicted molar refractivity (Wildman–Crippen MR) is 52.3 cm³/mol. The first-order valence-corrected chi connectivity index (χ1v) is 4.92. The van der Waals surface area contributed by atoms with E-state index in [1.54, 1.807) is 0 Å². The lowest BCUT2D eigenvalue weighted by Crippen LogP contribution is -2.23. The minimum absolute atomic E-state index is 0.419. The molecule has 0 bridgehead atoms. The van der Waals surface area contributed by atoms with Crippen molar-refractivity contribution < 1.29 is 0 Å². The van der Waals surface area contributed by atoms with Crippen molar-refractivity contribution in [3.8, 4) is 0 Å². The van der Waals surface area contributed by atoms with Crippen molar-refractivity contribution in [1.82, 2.24) is 15.1 Å². The first-order chi connectivity index (χ1) is 6.18. The Morgan fingerprint density at radius 2 is 2.38 bits per heavy atom. The lowest BCUT2D eigenvalue weighted by Gasteiger charge is -2.13. The third-order valence-corrected chi connectivity index (χ3v) is 2.88. The van der Waals surface area contributed by atoms with E-state index in [0.29, 0.717) is 6.04 Å². The molecule has 72 valence electrons. The Bertz CT molecular complexity index is 292. The van der Waals surface area contributed by atoms with Crippen LogP contribution in [0.1, 0.15) is 32.0 Å². The van der Waals surface area contributed by atoms with E-state index in [9.17, 15) is 0 Å². The smallest absolute Gasteiger partial charge is 0.0547 e. The Morgan fingerprint density at radius 1 is 1.69 bits per heavy atom. The summed E-state index contributed by atoms with van der Waals surface area (Å²) in [6.07, 6.45) is 3.17. The summed E-state index contributed by atoms with van der Waals surface area (Å²) in [5.74, 6) is 0.857. The molecule has 0 aliphatic heterocycles. The minimum atomic E-state index is 0.419. The lowest BCUT2D eigenvalue weighted by molar-refractivity contribution is 0.514. The maximum atomic E-state index is 4.16. The van der Waals surface area contributed by atoms with Gasteiger partial charge in [0.1, 0.15) is 0 Å². The first-order valence-electron chi connectivity index (χ1n) is 4.92. The number of rotatable bonds is 3. The summed E-state index contributed by atoms with van der Waals surface area (Å²) < 4.78 is 1.94. The normalized spacial score (nSPS) is 28.8. The van der Waals surface area contributed by atoms with Gasteiger partial charge in [-0.1, -0.05) is 6.92 Å². The highest BCUT2D eigenvalue weighted by Gasteiger charge is 2.33. The van der Waals surface area contributed by atoms with Gasteiger partial charge in [0, 0.05) is 25.3 Å².